The molecule has 0 aromatic heterocycles. The monoisotopic (exact) mass is 289 g/mol. The van der Waals surface area contributed by atoms with Gasteiger partial charge in [0, 0.05) is 5.54 Å². The molecule has 118 valence electrons. The van der Waals surface area contributed by atoms with E-state index >= 15 is 0 Å². The molecule has 0 bridgehead atoms. The minimum Gasteiger partial charge on any atom is -0.393 e. The molecule has 21 heavy (non-hydrogen) atoms. The van der Waals surface area contributed by atoms with E-state index in [1.807, 2.05) is 0 Å². The largest absolute Gasteiger partial charge is 0.393 e. The molecular weight excluding hydrogens is 258 g/mol. The Kier molecular flexibility index (Phi) is 3.28. The minimum absolute atomic E-state index is 0.0777. The molecule has 4 aliphatic rings. The first-order valence-corrected chi connectivity index (χ1v) is 9.15. The van der Waals surface area contributed by atoms with E-state index in [1.54, 1.807) is 5.57 Å². The molecule has 1 aliphatic heterocycles. The van der Waals surface area contributed by atoms with Crippen molar-refractivity contribution in [2.45, 2.75) is 76.9 Å². The van der Waals surface area contributed by atoms with Crippen LogP contribution in [0.5, 0.6) is 0 Å². The van der Waals surface area contributed by atoms with Crippen LogP contribution in [0, 0.1) is 23.2 Å². The molecule has 1 heterocycles. The molecule has 3 fully saturated rings. The highest BCUT2D eigenvalue weighted by molar-refractivity contribution is 5.25. The molecule has 0 aromatic carbocycles. The highest BCUT2D eigenvalue weighted by Crippen LogP contribution is 2.60. The van der Waals surface area contributed by atoms with E-state index in [-0.39, 0.29) is 6.10 Å². The molecule has 4 unspecified atom stereocenters. The number of hydrogen-bond acceptors (Lipinski definition) is 2. The summed E-state index contributed by atoms with van der Waals surface area (Å²) in [6.07, 6.45) is 12.4. The highest BCUT2D eigenvalue weighted by Gasteiger charge is 2.54. The van der Waals surface area contributed by atoms with Crippen LogP contribution < -0.4 is 5.32 Å². The Morgan fingerprint density at radius 3 is 2.86 bits per heavy atom. The van der Waals surface area contributed by atoms with Crippen LogP contribution in [0.25, 0.3) is 0 Å². The summed E-state index contributed by atoms with van der Waals surface area (Å²) < 4.78 is 0. The lowest BCUT2D eigenvalue weighted by Crippen LogP contribution is -2.61. The molecule has 2 nitrogen and oxygen atoms in total. The number of nitrogens with one attached hydrogen (secondary N) is 1. The Balaban J connectivity index is 1.66. The summed E-state index contributed by atoms with van der Waals surface area (Å²) in [6, 6.07) is 0. The van der Waals surface area contributed by atoms with Gasteiger partial charge in [-0.2, -0.15) is 0 Å². The van der Waals surface area contributed by atoms with Crippen LogP contribution in [0.2, 0.25) is 0 Å². The smallest absolute Gasteiger partial charge is 0.0577 e. The number of fused-ring (bicyclic) bond motifs is 5. The van der Waals surface area contributed by atoms with Crippen LogP contribution in [-0.4, -0.2) is 23.3 Å². The number of aliphatic hydroxyl groups is 1. The van der Waals surface area contributed by atoms with E-state index in [4.69, 9.17) is 0 Å². The first-order chi connectivity index (χ1) is 10.0. The molecule has 0 radical (unpaired) electrons. The van der Waals surface area contributed by atoms with Crippen LogP contribution in [0.1, 0.15) is 65.2 Å². The van der Waals surface area contributed by atoms with Gasteiger partial charge in [-0.25, -0.2) is 0 Å². The Bertz CT molecular complexity index is 458. The average molecular weight is 289 g/mol. The molecule has 2 heteroatoms. The normalized spacial score (nSPS) is 53.2. The maximum absolute atomic E-state index is 10.0. The van der Waals surface area contributed by atoms with Gasteiger partial charge in [0.2, 0.25) is 0 Å². The third-order valence-electron chi connectivity index (χ3n) is 7.69. The van der Waals surface area contributed by atoms with Gasteiger partial charge in [0.15, 0.2) is 0 Å². The lowest BCUT2D eigenvalue weighted by Gasteiger charge is -2.60. The lowest BCUT2D eigenvalue weighted by atomic mass is 9.48. The molecule has 0 aromatic rings. The van der Waals surface area contributed by atoms with Crippen molar-refractivity contribution in [2.75, 3.05) is 6.54 Å². The molecule has 1 saturated heterocycles. The quantitative estimate of drug-likeness (QED) is 0.667. The molecule has 0 amide bonds. The van der Waals surface area contributed by atoms with Gasteiger partial charge < -0.3 is 10.4 Å². The highest BCUT2D eigenvalue weighted by atomic mass is 16.3. The average Bonchev–Trinajstić information content (AvgIpc) is 2.47. The van der Waals surface area contributed by atoms with Crippen LogP contribution in [-0.2, 0) is 0 Å². The van der Waals surface area contributed by atoms with Gasteiger partial charge in [0.25, 0.3) is 0 Å². The van der Waals surface area contributed by atoms with E-state index in [9.17, 15) is 5.11 Å². The van der Waals surface area contributed by atoms with Crippen molar-refractivity contribution in [3.05, 3.63) is 11.6 Å². The van der Waals surface area contributed by atoms with Crippen molar-refractivity contribution in [3.63, 3.8) is 0 Å². The Morgan fingerprint density at radius 2 is 2.00 bits per heavy atom. The van der Waals surface area contributed by atoms with Gasteiger partial charge in [0.1, 0.15) is 0 Å². The fourth-order valence-electron chi connectivity index (χ4n) is 6.41. The maximum atomic E-state index is 10.0. The number of piperidine rings is 1. The Morgan fingerprint density at radius 1 is 1.14 bits per heavy atom. The molecule has 2 N–H and O–H groups in total. The molecule has 6 atom stereocenters. The SMILES string of the molecule is C[C@]12CCC(O)CC1=CCC1C2CC[C@]2(C)NCCCC12. The van der Waals surface area contributed by atoms with Crippen molar-refractivity contribution < 1.29 is 5.11 Å². The van der Waals surface area contributed by atoms with Crippen molar-refractivity contribution in [2.24, 2.45) is 23.2 Å². The molecule has 2 saturated carbocycles. The molecule has 3 aliphatic carbocycles. The number of aliphatic hydroxyl groups excluding tert-OH is 1. The summed E-state index contributed by atoms with van der Waals surface area (Å²) in [7, 11) is 0. The van der Waals surface area contributed by atoms with Crippen LogP contribution in [0.4, 0.5) is 0 Å². The predicted molar refractivity (Wildman–Crippen MR) is 86.0 cm³/mol. The van der Waals surface area contributed by atoms with Crippen molar-refractivity contribution in [1.29, 1.82) is 0 Å². The van der Waals surface area contributed by atoms with Gasteiger partial charge in [0.05, 0.1) is 6.10 Å². The number of allylic oxidation sites excluding steroid dienone is 1. The van der Waals surface area contributed by atoms with E-state index in [1.165, 1.54) is 45.1 Å². The van der Waals surface area contributed by atoms with Crippen LogP contribution >= 0.6 is 0 Å². The van der Waals surface area contributed by atoms with Crippen molar-refractivity contribution >= 4 is 0 Å². The fraction of sp³-hybridized carbons (Fsp3) is 0.895. The summed E-state index contributed by atoms with van der Waals surface area (Å²) in [5.74, 6) is 2.61. The Hall–Kier alpha value is -0.340. The lowest BCUT2D eigenvalue weighted by molar-refractivity contribution is -0.0423. The van der Waals surface area contributed by atoms with Gasteiger partial charge in [-0.05, 0) is 88.0 Å². The predicted octanol–water partition coefficient (Wildman–Crippen LogP) is 3.65. The zero-order chi connectivity index (χ0) is 14.7. The third kappa shape index (κ3) is 2.05. The zero-order valence-corrected chi connectivity index (χ0v) is 13.7. The Labute approximate surface area is 129 Å². The van der Waals surface area contributed by atoms with Crippen LogP contribution in [0.3, 0.4) is 0 Å². The summed E-state index contributed by atoms with van der Waals surface area (Å²) in [4.78, 5) is 0. The fourth-order valence-corrected chi connectivity index (χ4v) is 6.41. The number of rotatable bonds is 0. The number of hydrogen-bond donors (Lipinski definition) is 2. The second-order valence-corrected chi connectivity index (χ2v) is 8.68. The zero-order valence-electron chi connectivity index (χ0n) is 13.7. The molecule has 4 rings (SSSR count). The third-order valence-corrected chi connectivity index (χ3v) is 7.69. The van der Waals surface area contributed by atoms with Crippen LogP contribution in [0.15, 0.2) is 11.6 Å². The van der Waals surface area contributed by atoms with E-state index in [0.717, 1.165) is 30.6 Å². The summed E-state index contributed by atoms with van der Waals surface area (Å²) in [5.41, 5.74) is 2.38. The van der Waals surface area contributed by atoms with Gasteiger partial charge >= 0.3 is 0 Å². The van der Waals surface area contributed by atoms with Crippen molar-refractivity contribution in [3.8, 4) is 0 Å². The summed E-state index contributed by atoms with van der Waals surface area (Å²) in [6.45, 7) is 6.22. The second-order valence-electron chi connectivity index (χ2n) is 8.68. The van der Waals surface area contributed by atoms with Gasteiger partial charge in [-0.1, -0.05) is 18.6 Å². The van der Waals surface area contributed by atoms with E-state index < -0.39 is 0 Å². The first kappa shape index (κ1) is 14.3. The first-order valence-electron chi connectivity index (χ1n) is 9.15. The maximum Gasteiger partial charge on any atom is 0.0577 e. The molecule has 0 spiro atoms. The van der Waals surface area contributed by atoms with E-state index in [0.29, 0.717) is 11.0 Å². The summed E-state index contributed by atoms with van der Waals surface area (Å²) >= 11 is 0. The second kappa shape index (κ2) is 4.83. The topological polar surface area (TPSA) is 32.3 Å². The summed E-state index contributed by atoms with van der Waals surface area (Å²) in [5, 5.41) is 13.9. The minimum atomic E-state index is -0.0777. The van der Waals surface area contributed by atoms with Crippen molar-refractivity contribution in [1.82, 2.24) is 5.32 Å². The van der Waals surface area contributed by atoms with Gasteiger partial charge in [-0.3, -0.25) is 0 Å². The standard InChI is InChI=1S/C19H31NO/c1-18-9-7-14(21)12-13(18)5-6-15-16(18)8-10-19(2)17(15)4-3-11-20-19/h5,14-17,20-21H,3-4,6-12H2,1-2H3/t14?,15?,16?,17?,18-,19-/m0/s1. The van der Waals surface area contributed by atoms with Gasteiger partial charge in [-0.15, -0.1) is 0 Å². The van der Waals surface area contributed by atoms with E-state index in [2.05, 4.69) is 25.2 Å². The molecular formula is C19H31NO.